The molecule has 1 aliphatic heterocycles. The van der Waals surface area contributed by atoms with Crippen LogP contribution in [0.1, 0.15) is 35.4 Å². The number of hydrogen-bond donors (Lipinski definition) is 1. The summed E-state index contributed by atoms with van der Waals surface area (Å²) in [4.78, 5) is 30.6. The average Bonchev–Trinajstić information content (AvgIpc) is 2.78. The van der Waals surface area contributed by atoms with Crippen LogP contribution in [0.3, 0.4) is 0 Å². The van der Waals surface area contributed by atoms with E-state index >= 15 is 0 Å². The topological polar surface area (TPSA) is 84.7 Å². The summed E-state index contributed by atoms with van der Waals surface area (Å²) in [6, 6.07) is 10.6. The second-order valence-electron chi connectivity index (χ2n) is 7.91. The lowest BCUT2D eigenvalue weighted by molar-refractivity contribution is 0.0909. The van der Waals surface area contributed by atoms with Gasteiger partial charge in [-0.3, -0.25) is 14.6 Å². The summed E-state index contributed by atoms with van der Waals surface area (Å²) < 4.78 is 11.5. The van der Waals surface area contributed by atoms with Crippen LogP contribution in [0.15, 0.2) is 58.0 Å². The fraction of sp³-hybridized carbons (Fsp3) is 0.375. The molecule has 31 heavy (non-hydrogen) atoms. The number of rotatable bonds is 7. The molecule has 3 aromatic rings. The van der Waals surface area contributed by atoms with Gasteiger partial charge >= 0.3 is 0 Å². The van der Waals surface area contributed by atoms with Crippen LogP contribution in [0.2, 0.25) is 0 Å². The molecular weight excluding hydrogens is 394 g/mol. The van der Waals surface area contributed by atoms with Gasteiger partial charge in [-0.1, -0.05) is 0 Å². The zero-order chi connectivity index (χ0) is 21.6. The normalized spacial score (nSPS) is 15.1. The van der Waals surface area contributed by atoms with E-state index in [2.05, 4.69) is 15.2 Å². The molecule has 0 atom stereocenters. The number of benzene rings is 1. The zero-order valence-electron chi connectivity index (χ0n) is 17.7. The van der Waals surface area contributed by atoms with Crippen LogP contribution in [0.25, 0.3) is 11.0 Å². The minimum Gasteiger partial charge on any atom is -0.493 e. The number of amides is 1. The molecule has 0 unspecified atom stereocenters. The van der Waals surface area contributed by atoms with E-state index in [-0.39, 0.29) is 17.4 Å². The number of carbonyl (C=O) groups is 1. The van der Waals surface area contributed by atoms with Crippen molar-refractivity contribution in [1.29, 1.82) is 0 Å². The number of nitrogens with zero attached hydrogens (tertiary/aromatic N) is 2. The molecule has 2 aromatic heterocycles. The molecule has 7 nitrogen and oxygen atoms in total. The number of aromatic nitrogens is 1. The van der Waals surface area contributed by atoms with Crippen LogP contribution < -0.4 is 15.5 Å². The molecule has 0 spiro atoms. The molecule has 0 aliphatic carbocycles. The fourth-order valence-corrected chi connectivity index (χ4v) is 3.89. The number of pyridine rings is 1. The van der Waals surface area contributed by atoms with E-state index in [1.165, 1.54) is 6.07 Å². The van der Waals surface area contributed by atoms with Crippen molar-refractivity contribution in [2.45, 2.75) is 32.2 Å². The van der Waals surface area contributed by atoms with E-state index in [1.54, 1.807) is 43.6 Å². The van der Waals surface area contributed by atoms with Gasteiger partial charge in [-0.05, 0) is 50.5 Å². The molecule has 1 amide bonds. The highest BCUT2D eigenvalue weighted by Crippen LogP contribution is 2.20. The predicted molar refractivity (Wildman–Crippen MR) is 118 cm³/mol. The van der Waals surface area contributed by atoms with Crippen LogP contribution in [-0.2, 0) is 0 Å². The van der Waals surface area contributed by atoms with E-state index in [9.17, 15) is 9.59 Å². The van der Waals surface area contributed by atoms with Crippen molar-refractivity contribution >= 4 is 16.9 Å². The van der Waals surface area contributed by atoms with E-state index in [0.29, 0.717) is 34.6 Å². The molecule has 3 heterocycles. The van der Waals surface area contributed by atoms with Crippen LogP contribution in [0, 0.1) is 6.92 Å². The molecule has 1 saturated heterocycles. The highest BCUT2D eigenvalue weighted by molar-refractivity contribution is 5.94. The van der Waals surface area contributed by atoms with Crippen LogP contribution >= 0.6 is 0 Å². The van der Waals surface area contributed by atoms with Crippen molar-refractivity contribution in [3.8, 4) is 5.75 Å². The van der Waals surface area contributed by atoms with Crippen LogP contribution in [0.4, 0.5) is 0 Å². The number of aryl methyl sites for hydroxylation is 1. The molecule has 1 aromatic carbocycles. The number of fused-ring (bicyclic) bond motifs is 1. The molecule has 0 bridgehead atoms. The molecule has 4 rings (SSSR count). The van der Waals surface area contributed by atoms with Crippen molar-refractivity contribution < 1.29 is 13.9 Å². The summed E-state index contributed by atoms with van der Waals surface area (Å²) in [6.45, 7) is 5.23. The van der Waals surface area contributed by atoms with Gasteiger partial charge in [-0.15, -0.1) is 0 Å². The number of piperidine rings is 1. The minimum absolute atomic E-state index is 0.0367. The van der Waals surface area contributed by atoms with Crippen LogP contribution in [0.5, 0.6) is 5.75 Å². The molecule has 0 radical (unpaired) electrons. The van der Waals surface area contributed by atoms with Gasteiger partial charge in [0.25, 0.3) is 5.91 Å². The monoisotopic (exact) mass is 421 g/mol. The highest BCUT2D eigenvalue weighted by Gasteiger charge is 2.21. The van der Waals surface area contributed by atoms with Crippen molar-refractivity contribution in [2.24, 2.45) is 0 Å². The summed E-state index contributed by atoms with van der Waals surface area (Å²) in [5, 5.41) is 3.67. The third kappa shape index (κ3) is 5.49. The Labute approximate surface area is 181 Å². The third-order valence-corrected chi connectivity index (χ3v) is 5.56. The number of nitrogens with one attached hydrogen (secondary N) is 1. The molecule has 162 valence electrons. The first kappa shape index (κ1) is 21.1. The summed E-state index contributed by atoms with van der Waals surface area (Å²) in [7, 11) is 0. The Morgan fingerprint density at radius 2 is 2.10 bits per heavy atom. The average molecular weight is 421 g/mol. The lowest BCUT2D eigenvalue weighted by atomic mass is 10.0. The van der Waals surface area contributed by atoms with Gasteiger partial charge < -0.3 is 19.4 Å². The quantitative estimate of drug-likeness (QED) is 0.590. The molecule has 1 N–H and O–H groups in total. The maximum absolute atomic E-state index is 12.3. The van der Waals surface area contributed by atoms with E-state index in [4.69, 9.17) is 9.15 Å². The maximum atomic E-state index is 12.3. The SMILES string of the molecule is Cc1cc(=O)c2ccc(OCCCN3CCC(NC(=O)c4cccnc4)CC3)cc2o1. The largest absolute Gasteiger partial charge is 0.493 e. The molecular formula is C24H27N3O4. The second kappa shape index (κ2) is 9.75. The molecule has 0 saturated carbocycles. The lowest BCUT2D eigenvalue weighted by Crippen LogP contribution is -2.45. The number of likely N-dealkylation sites (tertiary alicyclic amines) is 1. The maximum Gasteiger partial charge on any atom is 0.253 e. The van der Waals surface area contributed by atoms with Gasteiger partial charge in [0.1, 0.15) is 17.1 Å². The van der Waals surface area contributed by atoms with Crippen molar-refractivity contribution in [2.75, 3.05) is 26.2 Å². The molecule has 1 fully saturated rings. The van der Waals surface area contributed by atoms with E-state index in [1.807, 2.05) is 6.07 Å². The Morgan fingerprint density at radius 1 is 1.26 bits per heavy atom. The summed E-state index contributed by atoms with van der Waals surface area (Å²) in [6.07, 6.45) is 6.04. The Hall–Kier alpha value is -3.19. The number of ether oxygens (including phenoxy) is 1. The van der Waals surface area contributed by atoms with Gasteiger partial charge in [-0.25, -0.2) is 0 Å². The first-order valence-electron chi connectivity index (χ1n) is 10.7. The highest BCUT2D eigenvalue weighted by atomic mass is 16.5. The Balaban J connectivity index is 1.18. The van der Waals surface area contributed by atoms with Gasteiger partial charge in [-0.2, -0.15) is 0 Å². The van der Waals surface area contributed by atoms with E-state index < -0.39 is 0 Å². The first-order valence-corrected chi connectivity index (χ1v) is 10.7. The summed E-state index contributed by atoms with van der Waals surface area (Å²) in [5.74, 6) is 1.24. The van der Waals surface area contributed by atoms with Gasteiger partial charge in [0, 0.05) is 50.2 Å². The number of carbonyl (C=O) groups excluding carboxylic acids is 1. The van der Waals surface area contributed by atoms with Gasteiger partial charge in [0.15, 0.2) is 5.43 Å². The third-order valence-electron chi connectivity index (χ3n) is 5.56. The summed E-state index contributed by atoms with van der Waals surface area (Å²) in [5.41, 5.74) is 1.12. The van der Waals surface area contributed by atoms with Crippen molar-refractivity contribution in [3.63, 3.8) is 0 Å². The summed E-state index contributed by atoms with van der Waals surface area (Å²) >= 11 is 0. The Morgan fingerprint density at radius 3 is 2.87 bits per heavy atom. The Kier molecular flexibility index (Phi) is 6.62. The smallest absolute Gasteiger partial charge is 0.253 e. The van der Waals surface area contributed by atoms with Crippen LogP contribution in [-0.4, -0.2) is 48.1 Å². The fourth-order valence-electron chi connectivity index (χ4n) is 3.89. The molecule has 1 aliphatic rings. The second-order valence-corrected chi connectivity index (χ2v) is 7.91. The van der Waals surface area contributed by atoms with Crippen molar-refractivity contribution in [1.82, 2.24) is 15.2 Å². The van der Waals surface area contributed by atoms with Gasteiger partial charge in [0.05, 0.1) is 17.6 Å². The number of hydrogen-bond acceptors (Lipinski definition) is 6. The Bertz CT molecular complexity index is 1090. The zero-order valence-corrected chi connectivity index (χ0v) is 17.7. The first-order chi connectivity index (χ1) is 15.1. The van der Waals surface area contributed by atoms with Crippen molar-refractivity contribution in [3.05, 3.63) is 70.3 Å². The molecule has 7 heteroatoms. The van der Waals surface area contributed by atoms with E-state index in [0.717, 1.165) is 38.9 Å². The lowest BCUT2D eigenvalue weighted by Gasteiger charge is -2.32. The van der Waals surface area contributed by atoms with Gasteiger partial charge in [0.2, 0.25) is 0 Å². The predicted octanol–water partition coefficient (Wildman–Crippen LogP) is 3.16. The minimum atomic E-state index is -0.0543. The standard InChI is InChI=1S/C24H27N3O4/c1-17-14-22(28)21-6-5-20(15-23(21)31-17)30-13-3-10-27-11-7-19(8-12-27)26-24(29)18-4-2-9-25-16-18/h2,4-6,9,14-16,19H,3,7-8,10-13H2,1H3,(H,26,29).